The lowest BCUT2D eigenvalue weighted by molar-refractivity contribution is 0.205. The predicted octanol–water partition coefficient (Wildman–Crippen LogP) is 4.48. The molecule has 1 aliphatic heterocycles. The number of ether oxygens (including phenoxy) is 1. The first-order valence-electron chi connectivity index (χ1n) is 9.29. The van der Waals surface area contributed by atoms with Crippen LogP contribution in [0.5, 0.6) is 5.75 Å². The van der Waals surface area contributed by atoms with Crippen LogP contribution in [0.2, 0.25) is 0 Å². The van der Waals surface area contributed by atoms with Gasteiger partial charge in [0.25, 0.3) is 0 Å². The van der Waals surface area contributed by atoms with E-state index in [4.69, 9.17) is 9.72 Å². The molecule has 0 radical (unpaired) electrons. The Morgan fingerprint density at radius 3 is 2.64 bits per heavy atom. The molecule has 3 aromatic rings. The highest BCUT2D eigenvalue weighted by atomic mass is 16.5. The van der Waals surface area contributed by atoms with E-state index in [1.165, 1.54) is 32.4 Å². The molecule has 0 spiro atoms. The monoisotopic (exact) mass is 335 g/mol. The largest absolute Gasteiger partial charge is 0.493 e. The fourth-order valence-electron chi connectivity index (χ4n) is 3.52. The zero-order chi connectivity index (χ0) is 16.9. The Hall–Kier alpha value is -2.33. The SMILES string of the molecule is c1ccc(-c2nc3ccccc3[nH]2)c(OCCCN2CCCCC2)c1. The molecule has 0 amide bonds. The van der Waals surface area contributed by atoms with Gasteiger partial charge >= 0.3 is 0 Å². The van der Waals surface area contributed by atoms with E-state index in [0.29, 0.717) is 0 Å². The lowest BCUT2D eigenvalue weighted by Crippen LogP contribution is -2.31. The molecule has 130 valence electrons. The van der Waals surface area contributed by atoms with Gasteiger partial charge in [-0.05, 0) is 56.6 Å². The highest BCUT2D eigenvalue weighted by Gasteiger charge is 2.12. The van der Waals surface area contributed by atoms with E-state index in [1.54, 1.807) is 0 Å². The molecule has 0 saturated carbocycles. The van der Waals surface area contributed by atoms with Crippen molar-refractivity contribution in [2.45, 2.75) is 25.7 Å². The molecule has 1 N–H and O–H groups in total. The number of aromatic nitrogens is 2. The molecular formula is C21H25N3O. The van der Waals surface area contributed by atoms with Crippen molar-refractivity contribution in [2.24, 2.45) is 0 Å². The maximum absolute atomic E-state index is 6.09. The Morgan fingerprint density at radius 2 is 1.76 bits per heavy atom. The smallest absolute Gasteiger partial charge is 0.142 e. The molecule has 1 aliphatic rings. The van der Waals surface area contributed by atoms with Gasteiger partial charge in [0.15, 0.2) is 0 Å². The van der Waals surface area contributed by atoms with Crippen LogP contribution in [0.4, 0.5) is 0 Å². The molecule has 0 bridgehead atoms. The summed E-state index contributed by atoms with van der Waals surface area (Å²) in [5.41, 5.74) is 3.06. The van der Waals surface area contributed by atoms with Gasteiger partial charge in [0.05, 0.1) is 23.2 Å². The van der Waals surface area contributed by atoms with Crippen molar-refractivity contribution in [3.05, 3.63) is 48.5 Å². The van der Waals surface area contributed by atoms with Crippen molar-refractivity contribution < 1.29 is 4.74 Å². The Bertz CT molecular complexity index is 788. The predicted molar refractivity (Wildman–Crippen MR) is 102 cm³/mol. The van der Waals surface area contributed by atoms with Gasteiger partial charge in [-0.15, -0.1) is 0 Å². The van der Waals surface area contributed by atoms with Crippen LogP contribution < -0.4 is 4.74 Å². The second-order valence-electron chi connectivity index (χ2n) is 6.70. The van der Waals surface area contributed by atoms with Gasteiger partial charge in [-0.25, -0.2) is 4.98 Å². The normalized spacial score (nSPS) is 15.5. The van der Waals surface area contributed by atoms with Crippen molar-refractivity contribution in [3.63, 3.8) is 0 Å². The number of imidazole rings is 1. The van der Waals surface area contributed by atoms with Crippen LogP contribution >= 0.6 is 0 Å². The van der Waals surface area contributed by atoms with Crippen LogP contribution in [-0.4, -0.2) is 41.1 Å². The molecule has 1 aromatic heterocycles. The molecule has 2 heterocycles. The average molecular weight is 335 g/mol. The van der Waals surface area contributed by atoms with E-state index in [2.05, 4.69) is 16.0 Å². The fraction of sp³-hybridized carbons (Fsp3) is 0.381. The van der Waals surface area contributed by atoms with E-state index in [1.807, 2.05) is 42.5 Å². The molecule has 4 heteroatoms. The van der Waals surface area contributed by atoms with Crippen molar-refractivity contribution >= 4 is 11.0 Å². The zero-order valence-electron chi connectivity index (χ0n) is 14.6. The second-order valence-corrected chi connectivity index (χ2v) is 6.70. The average Bonchev–Trinajstić information content (AvgIpc) is 3.10. The summed E-state index contributed by atoms with van der Waals surface area (Å²) in [5, 5.41) is 0. The van der Waals surface area contributed by atoms with Gasteiger partial charge in [-0.2, -0.15) is 0 Å². The van der Waals surface area contributed by atoms with Gasteiger partial charge in [0.2, 0.25) is 0 Å². The molecule has 4 rings (SSSR count). The summed E-state index contributed by atoms with van der Waals surface area (Å²) < 4.78 is 6.09. The van der Waals surface area contributed by atoms with Crippen molar-refractivity contribution in [2.75, 3.05) is 26.2 Å². The zero-order valence-corrected chi connectivity index (χ0v) is 14.6. The van der Waals surface area contributed by atoms with Crippen LogP contribution in [0.15, 0.2) is 48.5 Å². The van der Waals surface area contributed by atoms with Gasteiger partial charge in [0.1, 0.15) is 11.6 Å². The summed E-state index contributed by atoms with van der Waals surface area (Å²) in [6.45, 7) is 4.37. The highest BCUT2D eigenvalue weighted by Crippen LogP contribution is 2.29. The molecule has 2 aromatic carbocycles. The molecule has 1 fully saturated rings. The maximum Gasteiger partial charge on any atom is 0.142 e. The Kier molecular flexibility index (Phi) is 4.98. The lowest BCUT2D eigenvalue weighted by atomic mass is 10.1. The summed E-state index contributed by atoms with van der Waals surface area (Å²) >= 11 is 0. The number of nitrogens with zero attached hydrogens (tertiary/aromatic N) is 2. The standard InChI is InChI=1S/C21H25N3O/c1-6-13-24(14-7-1)15-8-16-25-20-12-5-2-9-17(20)21-22-18-10-3-4-11-19(18)23-21/h2-5,9-12H,1,6-8,13-16H2,(H,22,23). The van der Waals surface area contributed by atoms with Crippen LogP contribution in [0.25, 0.3) is 22.4 Å². The Morgan fingerprint density at radius 1 is 0.960 bits per heavy atom. The van der Waals surface area contributed by atoms with Crippen molar-refractivity contribution in [1.29, 1.82) is 0 Å². The van der Waals surface area contributed by atoms with Gasteiger partial charge in [-0.1, -0.05) is 30.7 Å². The van der Waals surface area contributed by atoms with Gasteiger partial charge in [-0.3, -0.25) is 0 Å². The summed E-state index contributed by atoms with van der Waals surface area (Å²) in [4.78, 5) is 10.7. The number of hydrogen-bond donors (Lipinski definition) is 1. The number of rotatable bonds is 6. The number of para-hydroxylation sites is 3. The molecular weight excluding hydrogens is 310 g/mol. The molecule has 1 saturated heterocycles. The van der Waals surface area contributed by atoms with E-state index < -0.39 is 0 Å². The number of hydrogen-bond acceptors (Lipinski definition) is 3. The minimum Gasteiger partial charge on any atom is -0.493 e. The number of fused-ring (bicyclic) bond motifs is 1. The second kappa shape index (κ2) is 7.70. The first-order chi connectivity index (χ1) is 12.4. The van der Waals surface area contributed by atoms with Crippen LogP contribution in [0, 0.1) is 0 Å². The third kappa shape index (κ3) is 3.85. The number of benzene rings is 2. The Labute approximate surface area is 148 Å². The number of nitrogens with one attached hydrogen (secondary N) is 1. The van der Waals surface area contributed by atoms with Crippen molar-refractivity contribution in [1.82, 2.24) is 14.9 Å². The van der Waals surface area contributed by atoms with E-state index in [0.717, 1.165) is 47.7 Å². The third-order valence-corrected chi connectivity index (χ3v) is 4.86. The number of H-pyrrole nitrogens is 1. The molecule has 25 heavy (non-hydrogen) atoms. The summed E-state index contributed by atoms with van der Waals surface area (Å²) in [6.07, 6.45) is 5.14. The van der Waals surface area contributed by atoms with Crippen LogP contribution in [0.1, 0.15) is 25.7 Å². The van der Waals surface area contributed by atoms with Gasteiger partial charge in [0, 0.05) is 6.54 Å². The molecule has 0 unspecified atom stereocenters. The van der Waals surface area contributed by atoms with Crippen LogP contribution in [0.3, 0.4) is 0 Å². The summed E-state index contributed by atoms with van der Waals surface area (Å²) in [6, 6.07) is 16.3. The minimum absolute atomic E-state index is 0.744. The molecule has 4 nitrogen and oxygen atoms in total. The first-order valence-corrected chi connectivity index (χ1v) is 9.29. The first kappa shape index (κ1) is 16.2. The van der Waals surface area contributed by atoms with Gasteiger partial charge < -0.3 is 14.6 Å². The summed E-state index contributed by atoms with van der Waals surface area (Å²) in [5.74, 6) is 1.77. The Balaban J connectivity index is 1.42. The third-order valence-electron chi connectivity index (χ3n) is 4.86. The number of aromatic amines is 1. The number of likely N-dealkylation sites (tertiary alicyclic amines) is 1. The van der Waals surface area contributed by atoms with Crippen molar-refractivity contribution in [3.8, 4) is 17.1 Å². The van der Waals surface area contributed by atoms with E-state index >= 15 is 0 Å². The maximum atomic E-state index is 6.09. The topological polar surface area (TPSA) is 41.1 Å². The minimum atomic E-state index is 0.744. The summed E-state index contributed by atoms with van der Waals surface area (Å²) in [7, 11) is 0. The van der Waals surface area contributed by atoms with E-state index in [9.17, 15) is 0 Å². The fourth-order valence-corrected chi connectivity index (χ4v) is 3.52. The quantitative estimate of drug-likeness (QED) is 0.675. The highest BCUT2D eigenvalue weighted by molar-refractivity contribution is 5.80. The number of piperidine rings is 1. The lowest BCUT2D eigenvalue weighted by Gasteiger charge is -2.26. The molecule has 0 aliphatic carbocycles. The molecule has 0 atom stereocenters. The van der Waals surface area contributed by atoms with E-state index in [-0.39, 0.29) is 0 Å². The van der Waals surface area contributed by atoms with Crippen LogP contribution in [-0.2, 0) is 0 Å².